The predicted molar refractivity (Wildman–Crippen MR) is 102 cm³/mol. The Morgan fingerprint density at radius 3 is 1.92 bits per heavy atom. The molecule has 0 radical (unpaired) electrons. The van der Waals surface area contributed by atoms with Crippen molar-refractivity contribution < 1.29 is 13.9 Å². The molecule has 2 fully saturated rings. The maximum absolute atomic E-state index is 14.3. The van der Waals surface area contributed by atoms with Gasteiger partial charge in [0, 0.05) is 12.2 Å². The Morgan fingerprint density at radius 2 is 1.42 bits per heavy atom. The Morgan fingerprint density at radius 1 is 0.885 bits per heavy atom. The number of rotatable bonds is 6. The van der Waals surface area contributed by atoms with Crippen LogP contribution in [0.4, 0.5) is 8.78 Å². The van der Waals surface area contributed by atoms with Crippen LogP contribution in [0.5, 0.6) is 0 Å². The lowest BCUT2D eigenvalue weighted by atomic mass is 9.68. The van der Waals surface area contributed by atoms with Gasteiger partial charge in [-0.05, 0) is 92.7 Å². The highest BCUT2D eigenvalue weighted by Crippen LogP contribution is 2.44. The Hall–Kier alpha value is -0.960. The molecule has 0 spiro atoms. The minimum absolute atomic E-state index is 0.0369. The number of hydrogen-bond acceptors (Lipinski definition) is 1. The number of hydrogen-bond donors (Lipinski definition) is 1. The van der Waals surface area contributed by atoms with Gasteiger partial charge in [-0.25, -0.2) is 8.78 Å². The maximum atomic E-state index is 14.3. The number of benzene rings is 1. The second-order valence-electron chi connectivity index (χ2n) is 8.59. The van der Waals surface area contributed by atoms with Crippen LogP contribution in [0.3, 0.4) is 0 Å². The Kier molecular flexibility index (Phi) is 7.08. The maximum Gasteiger partial charge on any atom is 0.129 e. The summed E-state index contributed by atoms with van der Waals surface area (Å²) in [6.07, 6.45) is 12.1. The average molecular weight is 365 g/mol. The summed E-state index contributed by atoms with van der Waals surface area (Å²) in [5.74, 6) is 2.07. The van der Waals surface area contributed by atoms with Gasteiger partial charge in [-0.2, -0.15) is 0 Å². The zero-order chi connectivity index (χ0) is 18.5. The van der Waals surface area contributed by atoms with Gasteiger partial charge in [0.25, 0.3) is 0 Å². The summed E-state index contributed by atoms with van der Waals surface area (Å²) in [5, 5.41) is 8.88. The highest BCUT2D eigenvalue weighted by atomic mass is 19.1. The normalized spacial score (nSPS) is 29.7. The third kappa shape index (κ3) is 4.65. The first-order valence-electron chi connectivity index (χ1n) is 10.7. The van der Waals surface area contributed by atoms with Crippen LogP contribution in [0.1, 0.15) is 88.2 Å². The fourth-order valence-electron chi connectivity index (χ4n) is 5.34. The summed E-state index contributed by atoms with van der Waals surface area (Å²) in [4.78, 5) is 0. The molecule has 0 heterocycles. The van der Waals surface area contributed by atoms with Gasteiger partial charge >= 0.3 is 0 Å². The lowest BCUT2D eigenvalue weighted by Crippen LogP contribution is -2.25. The van der Waals surface area contributed by atoms with Gasteiger partial charge in [-0.15, -0.1) is 0 Å². The summed E-state index contributed by atoms with van der Waals surface area (Å²) in [6, 6.07) is 3.10. The Labute approximate surface area is 157 Å². The van der Waals surface area contributed by atoms with E-state index in [1.54, 1.807) is 12.1 Å². The van der Waals surface area contributed by atoms with E-state index in [0.717, 1.165) is 36.2 Å². The molecular weight excluding hydrogens is 330 g/mol. The zero-order valence-electron chi connectivity index (χ0n) is 16.2. The minimum Gasteiger partial charge on any atom is -0.396 e. The van der Waals surface area contributed by atoms with Crippen molar-refractivity contribution in [3.63, 3.8) is 0 Å². The summed E-state index contributed by atoms with van der Waals surface area (Å²) in [5.41, 5.74) is 0.963. The van der Waals surface area contributed by atoms with Crippen LogP contribution >= 0.6 is 0 Å². The molecule has 2 saturated carbocycles. The van der Waals surface area contributed by atoms with Crippen LogP contribution in [0, 0.1) is 29.4 Å². The molecule has 0 saturated heterocycles. The molecule has 26 heavy (non-hydrogen) atoms. The molecule has 2 aliphatic carbocycles. The molecule has 0 aliphatic heterocycles. The quantitative estimate of drug-likeness (QED) is 0.621. The lowest BCUT2D eigenvalue weighted by Gasteiger charge is -2.38. The molecule has 0 atom stereocenters. The summed E-state index contributed by atoms with van der Waals surface area (Å²) >= 11 is 0. The predicted octanol–water partition coefficient (Wildman–Crippen LogP) is 6.38. The third-order valence-electron chi connectivity index (χ3n) is 7.13. The van der Waals surface area contributed by atoms with Crippen LogP contribution in [0.2, 0.25) is 0 Å². The molecule has 146 valence electrons. The molecule has 1 aromatic carbocycles. The van der Waals surface area contributed by atoms with E-state index in [-0.39, 0.29) is 18.6 Å². The largest absolute Gasteiger partial charge is 0.396 e. The first-order chi connectivity index (χ1) is 12.6. The summed E-state index contributed by atoms with van der Waals surface area (Å²) in [7, 11) is 0. The minimum atomic E-state index is -0.437. The Bertz CT molecular complexity index is 547. The van der Waals surface area contributed by atoms with Gasteiger partial charge in [-0.3, -0.25) is 0 Å². The molecule has 2 aliphatic rings. The van der Waals surface area contributed by atoms with Crippen molar-refractivity contribution >= 4 is 0 Å². The van der Waals surface area contributed by atoms with Crippen molar-refractivity contribution in [3.8, 4) is 0 Å². The fraction of sp³-hybridized carbons (Fsp3) is 0.739. The molecule has 0 amide bonds. The molecule has 1 nitrogen and oxygen atoms in total. The molecular formula is C23H34F2O. The van der Waals surface area contributed by atoms with Gasteiger partial charge in [0.2, 0.25) is 0 Å². The van der Waals surface area contributed by atoms with Gasteiger partial charge < -0.3 is 5.11 Å². The first kappa shape index (κ1) is 19.8. The van der Waals surface area contributed by atoms with Crippen molar-refractivity contribution in [2.75, 3.05) is 6.61 Å². The van der Waals surface area contributed by atoms with E-state index in [9.17, 15) is 8.78 Å². The molecule has 0 unspecified atom stereocenters. The zero-order valence-corrected chi connectivity index (χ0v) is 16.2. The fourth-order valence-corrected chi connectivity index (χ4v) is 5.34. The van der Waals surface area contributed by atoms with Gasteiger partial charge in [0.05, 0.1) is 0 Å². The highest BCUT2D eigenvalue weighted by molar-refractivity contribution is 5.29. The molecule has 1 N–H and O–H groups in total. The van der Waals surface area contributed by atoms with Gasteiger partial charge in [0.15, 0.2) is 0 Å². The molecule has 3 rings (SSSR count). The molecule has 1 aromatic rings. The van der Waals surface area contributed by atoms with Crippen molar-refractivity contribution in [3.05, 3.63) is 34.9 Å². The van der Waals surface area contributed by atoms with E-state index in [2.05, 4.69) is 6.92 Å². The number of aliphatic hydroxyl groups excluding tert-OH is 1. The van der Waals surface area contributed by atoms with E-state index in [4.69, 9.17) is 5.11 Å². The van der Waals surface area contributed by atoms with Crippen molar-refractivity contribution in [1.29, 1.82) is 0 Å². The van der Waals surface area contributed by atoms with Crippen molar-refractivity contribution in [2.45, 2.75) is 83.5 Å². The lowest BCUT2D eigenvalue weighted by molar-refractivity contribution is 0.158. The van der Waals surface area contributed by atoms with E-state index < -0.39 is 11.6 Å². The van der Waals surface area contributed by atoms with Crippen LogP contribution < -0.4 is 0 Å². The van der Waals surface area contributed by atoms with Crippen LogP contribution in [0.15, 0.2) is 12.1 Å². The standard InChI is InChI=1S/C23H34F2O/c1-2-16-5-7-17(8-6-16)18-9-11-19(12-10-18)20-14-22(24)21(4-3-13-26)23(25)15-20/h14-19,26H,2-13H2,1H3. The number of halogens is 2. The SMILES string of the molecule is CCC1CCC(C2CCC(c3cc(F)c(CCCO)c(F)c3)CC2)CC1. The molecule has 0 aromatic heterocycles. The average Bonchev–Trinajstić information content (AvgIpc) is 2.67. The third-order valence-corrected chi connectivity index (χ3v) is 7.13. The van der Waals surface area contributed by atoms with Crippen molar-refractivity contribution in [1.82, 2.24) is 0 Å². The van der Waals surface area contributed by atoms with Crippen LogP contribution in [-0.2, 0) is 6.42 Å². The molecule has 3 heteroatoms. The second-order valence-corrected chi connectivity index (χ2v) is 8.59. The van der Waals surface area contributed by atoms with E-state index in [0.29, 0.717) is 12.3 Å². The van der Waals surface area contributed by atoms with Crippen LogP contribution in [-0.4, -0.2) is 11.7 Å². The van der Waals surface area contributed by atoms with E-state index in [1.807, 2.05) is 0 Å². The van der Waals surface area contributed by atoms with E-state index in [1.165, 1.54) is 44.9 Å². The molecule has 0 bridgehead atoms. The topological polar surface area (TPSA) is 20.2 Å². The second kappa shape index (κ2) is 9.30. The highest BCUT2D eigenvalue weighted by Gasteiger charge is 2.31. The monoisotopic (exact) mass is 364 g/mol. The smallest absolute Gasteiger partial charge is 0.129 e. The summed E-state index contributed by atoms with van der Waals surface area (Å²) < 4.78 is 28.6. The first-order valence-corrected chi connectivity index (χ1v) is 10.7. The van der Waals surface area contributed by atoms with Gasteiger partial charge in [0.1, 0.15) is 11.6 Å². The van der Waals surface area contributed by atoms with E-state index >= 15 is 0 Å². The number of aliphatic hydroxyl groups is 1. The van der Waals surface area contributed by atoms with Gasteiger partial charge in [-0.1, -0.05) is 26.2 Å². The summed E-state index contributed by atoms with van der Waals surface area (Å²) in [6.45, 7) is 2.27. The van der Waals surface area contributed by atoms with Crippen molar-refractivity contribution in [2.24, 2.45) is 17.8 Å². The van der Waals surface area contributed by atoms with Crippen LogP contribution in [0.25, 0.3) is 0 Å². The Balaban J connectivity index is 1.56.